The second-order valence-corrected chi connectivity index (χ2v) is 23.5. The summed E-state index contributed by atoms with van der Waals surface area (Å²) in [7, 11) is 0. The monoisotopic (exact) mass is 927 g/mol. The van der Waals surface area contributed by atoms with E-state index in [-0.39, 0.29) is 34.5 Å². The van der Waals surface area contributed by atoms with E-state index in [9.17, 15) is 0 Å². The zero-order chi connectivity index (χ0) is 50.1. The molecule has 0 saturated carbocycles. The van der Waals surface area contributed by atoms with E-state index in [1.807, 2.05) is 12.3 Å². The maximum atomic E-state index is 7.28. The van der Waals surface area contributed by atoms with E-state index in [2.05, 4.69) is 253 Å². The number of hydrogen-bond acceptors (Lipinski definition) is 4. The third-order valence-electron chi connectivity index (χ3n) is 15.2. The van der Waals surface area contributed by atoms with Gasteiger partial charge < -0.3 is 9.64 Å². The number of anilines is 1. The predicted octanol–water partition coefficient (Wildman–Crippen LogP) is 17.6. The third-order valence-corrected chi connectivity index (χ3v) is 15.2. The van der Waals surface area contributed by atoms with Gasteiger partial charge in [-0.2, -0.15) is 0 Å². The molecule has 3 heterocycles. The van der Waals surface area contributed by atoms with Crippen LogP contribution in [0.2, 0.25) is 0 Å². The van der Waals surface area contributed by atoms with Crippen LogP contribution in [-0.2, 0) is 10.8 Å². The van der Waals surface area contributed by atoms with E-state index in [1.54, 1.807) is 0 Å². The van der Waals surface area contributed by atoms with Gasteiger partial charge in [-0.1, -0.05) is 168 Å². The van der Waals surface area contributed by atoms with Gasteiger partial charge in [0.25, 0.3) is 0 Å². The Morgan fingerprint density at radius 2 is 1.13 bits per heavy atom. The minimum absolute atomic E-state index is 0.0108. The third kappa shape index (κ3) is 8.64. The molecular weight excluding hydrogens is 853 g/mol. The molecule has 1 atom stereocenters. The quantitative estimate of drug-likeness (QED) is 0.130. The smallest absolute Gasteiger partial charge is 0.145 e. The molecule has 360 valence electrons. The molecule has 0 N–H and O–H groups in total. The number of ether oxygens (including phenoxy) is 1. The van der Waals surface area contributed by atoms with Gasteiger partial charge in [0.2, 0.25) is 0 Å². The van der Waals surface area contributed by atoms with Crippen LogP contribution in [0.3, 0.4) is 0 Å². The summed E-state index contributed by atoms with van der Waals surface area (Å²) in [6.45, 7) is 34.7. The Bertz CT molecular complexity index is 3170. The second kappa shape index (κ2) is 18.1. The normalized spacial score (nSPS) is 16.4. The van der Waals surface area contributed by atoms with Gasteiger partial charge in [0.15, 0.2) is 0 Å². The Hall–Kier alpha value is -6.46. The number of pyridine rings is 1. The van der Waals surface area contributed by atoms with Crippen molar-refractivity contribution in [2.45, 2.75) is 149 Å². The number of aromatic nitrogens is 2. The number of rotatable bonds is 11. The van der Waals surface area contributed by atoms with Crippen LogP contribution in [0.25, 0.3) is 27.6 Å². The van der Waals surface area contributed by atoms with Crippen molar-refractivity contribution in [1.82, 2.24) is 9.55 Å². The molecule has 6 aromatic carbocycles. The SMILES string of the molecule is CC(C)c1cc(Oc2cc(-n3c4ccc(C(C)(C)C)cc4c4cccnc43)cc(C(C)(C)C)c2)cc(C2=NC(C)(C)[C@](C)(C(c3ccccc3)c3ccccc3)N2c2c(C(C)C)cccc2C(C)C)c1. The van der Waals surface area contributed by atoms with Crippen molar-refractivity contribution in [3.8, 4) is 17.2 Å². The number of hydrogen-bond donors (Lipinski definition) is 0. The van der Waals surface area contributed by atoms with Gasteiger partial charge in [-0.3, -0.25) is 9.56 Å². The lowest BCUT2D eigenvalue weighted by Gasteiger charge is -2.51. The van der Waals surface area contributed by atoms with Crippen LogP contribution in [0.15, 0.2) is 157 Å². The maximum Gasteiger partial charge on any atom is 0.145 e. The van der Waals surface area contributed by atoms with E-state index >= 15 is 0 Å². The summed E-state index contributed by atoms with van der Waals surface area (Å²) in [5, 5.41) is 2.34. The van der Waals surface area contributed by atoms with Gasteiger partial charge >= 0.3 is 0 Å². The first-order valence-electron chi connectivity index (χ1n) is 25.6. The first-order valence-corrected chi connectivity index (χ1v) is 25.6. The molecule has 2 aromatic heterocycles. The first-order chi connectivity index (χ1) is 33.1. The molecule has 5 nitrogen and oxygen atoms in total. The Morgan fingerprint density at radius 3 is 1.70 bits per heavy atom. The zero-order valence-corrected chi connectivity index (χ0v) is 44.4. The van der Waals surface area contributed by atoms with Gasteiger partial charge in [0.1, 0.15) is 23.0 Å². The molecule has 9 rings (SSSR count). The fourth-order valence-electron chi connectivity index (χ4n) is 10.9. The van der Waals surface area contributed by atoms with E-state index in [0.29, 0.717) is 0 Å². The van der Waals surface area contributed by atoms with Crippen molar-refractivity contribution in [3.63, 3.8) is 0 Å². The van der Waals surface area contributed by atoms with Crippen LogP contribution in [0.1, 0.15) is 172 Å². The van der Waals surface area contributed by atoms with Crippen LogP contribution in [0.4, 0.5) is 5.69 Å². The van der Waals surface area contributed by atoms with E-state index in [0.717, 1.165) is 45.1 Å². The summed E-state index contributed by atoms with van der Waals surface area (Å²) >= 11 is 0. The number of para-hydroxylation sites is 1. The molecule has 0 amide bonds. The maximum absolute atomic E-state index is 7.28. The van der Waals surface area contributed by atoms with Crippen LogP contribution >= 0.6 is 0 Å². The van der Waals surface area contributed by atoms with Gasteiger partial charge in [0.05, 0.1) is 28.0 Å². The minimum Gasteiger partial charge on any atom is -0.457 e. The topological polar surface area (TPSA) is 42.6 Å². The highest BCUT2D eigenvalue weighted by molar-refractivity contribution is 6.14. The summed E-state index contributed by atoms with van der Waals surface area (Å²) in [5.41, 5.74) is 12.9. The molecule has 0 unspecified atom stereocenters. The largest absolute Gasteiger partial charge is 0.457 e. The van der Waals surface area contributed by atoms with Crippen molar-refractivity contribution in [1.29, 1.82) is 0 Å². The number of benzene rings is 6. The summed E-state index contributed by atoms with van der Waals surface area (Å²) < 4.78 is 9.60. The summed E-state index contributed by atoms with van der Waals surface area (Å²) in [4.78, 5) is 13.7. The lowest BCUT2D eigenvalue weighted by molar-refractivity contribution is 0.279. The van der Waals surface area contributed by atoms with Crippen LogP contribution in [0.5, 0.6) is 11.5 Å². The average Bonchev–Trinajstić information content (AvgIpc) is 3.75. The van der Waals surface area contributed by atoms with Gasteiger partial charge in [-0.05, 0) is 143 Å². The molecule has 70 heavy (non-hydrogen) atoms. The van der Waals surface area contributed by atoms with Gasteiger partial charge in [-0.25, -0.2) is 4.98 Å². The zero-order valence-electron chi connectivity index (χ0n) is 44.4. The van der Waals surface area contributed by atoms with Crippen molar-refractivity contribution >= 4 is 33.5 Å². The van der Waals surface area contributed by atoms with Crippen LogP contribution in [-0.4, -0.2) is 26.5 Å². The summed E-state index contributed by atoms with van der Waals surface area (Å²) in [5.74, 6) is 3.25. The van der Waals surface area contributed by atoms with Crippen molar-refractivity contribution in [2.75, 3.05) is 4.90 Å². The van der Waals surface area contributed by atoms with Crippen molar-refractivity contribution < 1.29 is 4.74 Å². The molecule has 1 aliphatic rings. The predicted molar refractivity (Wildman–Crippen MR) is 297 cm³/mol. The lowest BCUT2D eigenvalue weighted by atomic mass is 9.66. The van der Waals surface area contributed by atoms with Crippen molar-refractivity contribution in [2.24, 2.45) is 4.99 Å². The van der Waals surface area contributed by atoms with E-state index in [4.69, 9.17) is 14.7 Å². The summed E-state index contributed by atoms with van der Waals surface area (Å²) in [6, 6.07) is 53.8. The fraction of sp³-hybridized carbons (Fsp3) is 0.354. The van der Waals surface area contributed by atoms with E-state index < -0.39 is 11.1 Å². The Kier molecular flexibility index (Phi) is 12.5. The number of amidine groups is 1. The van der Waals surface area contributed by atoms with Crippen LogP contribution < -0.4 is 9.64 Å². The molecule has 8 aromatic rings. The first kappa shape index (κ1) is 48.6. The lowest BCUT2D eigenvalue weighted by Crippen LogP contribution is -2.60. The molecule has 1 aliphatic heterocycles. The highest BCUT2D eigenvalue weighted by atomic mass is 16.5. The molecule has 0 bridgehead atoms. The second-order valence-electron chi connectivity index (χ2n) is 23.5. The molecule has 0 fully saturated rings. The average molecular weight is 927 g/mol. The number of nitrogens with zero attached hydrogens (tertiary/aromatic N) is 4. The molecule has 0 spiro atoms. The molecule has 0 aliphatic carbocycles. The Morgan fingerprint density at radius 1 is 0.529 bits per heavy atom. The minimum atomic E-state index is -0.575. The number of aliphatic imine (C=N–C) groups is 1. The Balaban J connectivity index is 1.26. The van der Waals surface area contributed by atoms with Crippen LogP contribution in [0, 0.1) is 0 Å². The molecule has 0 saturated heterocycles. The van der Waals surface area contributed by atoms with Gasteiger partial charge in [0, 0.05) is 34.5 Å². The number of fused-ring (bicyclic) bond motifs is 3. The Labute approximate surface area is 418 Å². The highest BCUT2D eigenvalue weighted by Gasteiger charge is 2.59. The molecular formula is C65H74N4O. The van der Waals surface area contributed by atoms with E-state index in [1.165, 1.54) is 50.0 Å². The summed E-state index contributed by atoms with van der Waals surface area (Å²) in [6.07, 6.45) is 1.90. The fourth-order valence-corrected chi connectivity index (χ4v) is 10.9. The highest BCUT2D eigenvalue weighted by Crippen LogP contribution is 2.55. The molecule has 0 radical (unpaired) electrons. The van der Waals surface area contributed by atoms with Crippen molar-refractivity contribution in [3.05, 3.63) is 196 Å². The van der Waals surface area contributed by atoms with Gasteiger partial charge in [-0.15, -0.1) is 0 Å². The standard InChI is InChI=1S/C65H74N4O/c1-41(2)46-34-47(36-51(35-46)70-52-38-49(63(10,11)12)37-50(40-52)68-57-32-31-48(62(7,8)9)39-56(57)55-30-23-33-66-61(55)68)60-67-64(13,14)65(15,58(44-24-18-16-19-25-44)45-26-20-17-21-27-45)69(60)59-53(42(3)4)28-22-29-54(59)43(5)6/h16-43,58H,1-15H3/t65-/m0/s1. The molecule has 5 heteroatoms.